The van der Waals surface area contributed by atoms with Gasteiger partial charge in [-0.2, -0.15) is 18.3 Å². The first kappa shape index (κ1) is 17.3. The molecule has 7 heteroatoms. The van der Waals surface area contributed by atoms with Gasteiger partial charge in [-0.3, -0.25) is 9.89 Å². The minimum Gasteiger partial charge on any atom is -0.366 e. The Kier molecular flexibility index (Phi) is 4.02. The quantitative estimate of drug-likeness (QED) is 0.563. The third-order valence-electron chi connectivity index (χ3n) is 4.84. The molecule has 3 N–H and O–H groups in total. The van der Waals surface area contributed by atoms with Crippen molar-refractivity contribution in [2.75, 3.05) is 0 Å². The lowest BCUT2D eigenvalue weighted by atomic mass is 9.96. The third-order valence-corrected chi connectivity index (χ3v) is 4.84. The summed E-state index contributed by atoms with van der Waals surface area (Å²) < 4.78 is 37.9. The van der Waals surface area contributed by atoms with Crippen LogP contribution in [0.1, 0.15) is 33.5 Å². The van der Waals surface area contributed by atoms with Crippen molar-refractivity contribution in [3.8, 4) is 22.5 Å². The van der Waals surface area contributed by atoms with E-state index >= 15 is 0 Å². The van der Waals surface area contributed by atoms with Gasteiger partial charge in [0.1, 0.15) is 0 Å². The Balaban J connectivity index is 1.73. The molecule has 3 aromatic rings. The SMILES string of the molecule is NC(=O)c1ccc(-c2n[nH]c3c2Cc2ccccc2-3)cc1CCC(F)(F)F. The number of hydrogen-bond donors (Lipinski definition) is 2. The molecule has 1 aromatic heterocycles. The zero-order valence-electron chi connectivity index (χ0n) is 14.2. The highest BCUT2D eigenvalue weighted by atomic mass is 19.4. The van der Waals surface area contributed by atoms with Crippen molar-refractivity contribution in [3.05, 3.63) is 64.7 Å². The molecule has 2 aromatic carbocycles. The number of aromatic amines is 1. The predicted molar refractivity (Wildman–Crippen MR) is 95.2 cm³/mol. The van der Waals surface area contributed by atoms with Crippen LogP contribution in [-0.2, 0) is 12.8 Å². The Labute approximate surface area is 153 Å². The molecule has 1 aliphatic carbocycles. The minimum absolute atomic E-state index is 0.110. The number of carbonyl (C=O) groups is 1. The van der Waals surface area contributed by atoms with Crippen LogP contribution >= 0.6 is 0 Å². The molecular weight excluding hydrogens is 355 g/mol. The molecule has 0 radical (unpaired) electrons. The molecule has 4 nitrogen and oxygen atoms in total. The number of halogens is 3. The predicted octanol–water partition coefficient (Wildman–Crippen LogP) is 4.24. The van der Waals surface area contributed by atoms with Gasteiger partial charge in [-0.1, -0.05) is 30.3 Å². The zero-order chi connectivity index (χ0) is 19.2. The van der Waals surface area contributed by atoms with Crippen LogP contribution < -0.4 is 5.73 Å². The summed E-state index contributed by atoms with van der Waals surface area (Å²) in [7, 11) is 0. The van der Waals surface area contributed by atoms with Crippen molar-refractivity contribution < 1.29 is 18.0 Å². The molecule has 0 saturated carbocycles. The fourth-order valence-corrected chi connectivity index (χ4v) is 3.57. The Hall–Kier alpha value is -3.09. The van der Waals surface area contributed by atoms with Crippen molar-refractivity contribution in [3.63, 3.8) is 0 Å². The Morgan fingerprint density at radius 3 is 2.70 bits per heavy atom. The third kappa shape index (κ3) is 3.20. The second-order valence-electron chi connectivity index (χ2n) is 6.61. The lowest BCUT2D eigenvalue weighted by Crippen LogP contribution is -2.16. The van der Waals surface area contributed by atoms with Crippen molar-refractivity contribution in [2.24, 2.45) is 5.73 Å². The maximum Gasteiger partial charge on any atom is 0.389 e. The van der Waals surface area contributed by atoms with E-state index in [0.717, 1.165) is 16.8 Å². The number of aromatic nitrogens is 2. The summed E-state index contributed by atoms with van der Waals surface area (Å²) in [4.78, 5) is 11.6. The molecule has 0 aliphatic heterocycles. The van der Waals surface area contributed by atoms with E-state index in [1.165, 1.54) is 11.6 Å². The van der Waals surface area contributed by atoms with E-state index in [0.29, 0.717) is 17.7 Å². The highest BCUT2D eigenvalue weighted by molar-refractivity contribution is 5.95. The van der Waals surface area contributed by atoms with E-state index in [2.05, 4.69) is 10.2 Å². The summed E-state index contributed by atoms with van der Waals surface area (Å²) >= 11 is 0. The average molecular weight is 371 g/mol. The molecular formula is C20H16F3N3O. The molecule has 4 rings (SSSR count). The Morgan fingerprint density at radius 2 is 1.96 bits per heavy atom. The van der Waals surface area contributed by atoms with Crippen LogP contribution in [0.5, 0.6) is 0 Å². The highest BCUT2D eigenvalue weighted by Crippen LogP contribution is 2.40. The topological polar surface area (TPSA) is 71.8 Å². The molecule has 0 unspecified atom stereocenters. The number of alkyl halides is 3. The second-order valence-corrected chi connectivity index (χ2v) is 6.61. The van der Waals surface area contributed by atoms with Gasteiger partial charge >= 0.3 is 6.18 Å². The minimum atomic E-state index is -4.31. The van der Waals surface area contributed by atoms with E-state index in [-0.39, 0.29) is 17.5 Å². The number of H-pyrrole nitrogens is 1. The van der Waals surface area contributed by atoms with Crippen LogP contribution in [0.2, 0.25) is 0 Å². The molecule has 0 atom stereocenters. The van der Waals surface area contributed by atoms with E-state index in [9.17, 15) is 18.0 Å². The van der Waals surface area contributed by atoms with Gasteiger partial charge < -0.3 is 5.73 Å². The number of nitrogens with zero attached hydrogens (tertiary/aromatic N) is 1. The van der Waals surface area contributed by atoms with Crippen LogP contribution in [0.15, 0.2) is 42.5 Å². The number of primary amides is 1. The molecule has 0 fully saturated rings. The van der Waals surface area contributed by atoms with Gasteiger partial charge in [-0.25, -0.2) is 0 Å². The van der Waals surface area contributed by atoms with Gasteiger partial charge in [-0.05, 0) is 29.7 Å². The monoisotopic (exact) mass is 371 g/mol. The average Bonchev–Trinajstić information content (AvgIpc) is 3.18. The summed E-state index contributed by atoms with van der Waals surface area (Å²) in [5.74, 6) is -0.738. The number of amides is 1. The van der Waals surface area contributed by atoms with E-state index < -0.39 is 18.5 Å². The highest BCUT2D eigenvalue weighted by Gasteiger charge is 2.28. The first-order valence-corrected chi connectivity index (χ1v) is 8.49. The van der Waals surface area contributed by atoms with Gasteiger partial charge in [-0.15, -0.1) is 0 Å². The van der Waals surface area contributed by atoms with Crippen LogP contribution in [-0.4, -0.2) is 22.3 Å². The first-order valence-electron chi connectivity index (χ1n) is 8.49. The standard InChI is InChI=1S/C20H16F3N3O/c21-20(22,23)8-7-12-9-13(5-6-15(12)19(24)27)17-16-10-11-3-1-2-4-14(11)18(16)26-25-17/h1-6,9H,7-8,10H2,(H2,24,27)(H,25,26). The maximum atomic E-state index is 12.6. The van der Waals surface area contributed by atoms with E-state index in [4.69, 9.17) is 5.73 Å². The molecule has 1 heterocycles. The largest absolute Gasteiger partial charge is 0.389 e. The van der Waals surface area contributed by atoms with Crippen molar-refractivity contribution in [1.82, 2.24) is 10.2 Å². The lowest BCUT2D eigenvalue weighted by Gasteiger charge is -2.11. The smallest absolute Gasteiger partial charge is 0.366 e. The summed E-state index contributed by atoms with van der Waals surface area (Å²) in [6, 6.07) is 12.7. The van der Waals surface area contributed by atoms with Crippen molar-refractivity contribution in [1.29, 1.82) is 0 Å². The molecule has 1 aliphatic rings. The maximum absolute atomic E-state index is 12.6. The summed E-state index contributed by atoms with van der Waals surface area (Å²) in [5.41, 5.74) is 11.3. The fourth-order valence-electron chi connectivity index (χ4n) is 3.57. The normalized spacial score (nSPS) is 12.7. The number of rotatable bonds is 4. The van der Waals surface area contributed by atoms with Crippen LogP contribution in [0.25, 0.3) is 22.5 Å². The van der Waals surface area contributed by atoms with Gasteiger partial charge in [0, 0.05) is 35.1 Å². The van der Waals surface area contributed by atoms with Gasteiger partial charge in [0.15, 0.2) is 0 Å². The molecule has 0 bridgehead atoms. The van der Waals surface area contributed by atoms with Crippen LogP contribution in [0, 0.1) is 0 Å². The number of nitrogens with one attached hydrogen (secondary N) is 1. The Morgan fingerprint density at radius 1 is 1.19 bits per heavy atom. The number of fused-ring (bicyclic) bond motifs is 3. The lowest BCUT2D eigenvalue weighted by molar-refractivity contribution is -0.134. The van der Waals surface area contributed by atoms with Gasteiger partial charge in [0.05, 0.1) is 11.4 Å². The molecule has 1 amide bonds. The zero-order valence-corrected chi connectivity index (χ0v) is 14.2. The Bertz CT molecular complexity index is 1040. The summed E-state index contributed by atoms with van der Waals surface area (Å²) in [5, 5.41) is 7.40. The van der Waals surface area contributed by atoms with Gasteiger partial charge in [0.25, 0.3) is 0 Å². The molecule has 0 saturated heterocycles. The molecule has 0 spiro atoms. The fraction of sp³-hybridized carbons (Fsp3) is 0.200. The second kappa shape index (κ2) is 6.26. The number of aryl methyl sites for hydroxylation is 1. The van der Waals surface area contributed by atoms with Crippen molar-refractivity contribution in [2.45, 2.75) is 25.4 Å². The van der Waals surface area contributed by atoms with E-state index in [1.807, 2.05) is 24.3 Å². The molecule has 27 heavy (non-hydrogen) atoms. The van der Waals surface area contributed by atoms with Crippen LogP contribution in [0.3, 0.4) is 0 Å². The summed E-state index contributed by atoms with van der Waals surface area (Å²) in [6.07, 6.45) is -4.92. The van der Waals surface area contributed by atoms with Gasteiger partial charge in [0.2, 0.25) is 5.91 Å². The first-order chi connectivity index (χ1) is 12.8. The number of carbonyl (C=O) groups excluding carboxylic acids is 1. The number of nitrogens with two attached hydrogens (primary N) is 1. The summed E-state index contributed by atoms with van der Waals surface area (Å²) in [6.45, 7) is 0. The van der Waals surface area contributed by atoms with E-state index in [1.54, 1.807) is 12.1 Å². The van der Waals surface area contributed by atoms with Crippen LogP contribution in [0.4, 0.5) is 13.2 Å². The van der Waals surface area contributed by atoms with Crippen molar-refractivity contribution >= 4 is 5.91 Å². The number of hydrogen-bond acceptors (Lipinski definition) is 2. The number of benzene rings is 2. The molecule has 138 valence electrons.